The highest BCUT2D eigenvalue weighted by Crippen LogP contribution is 2.78. The van der Waals surface area contributed by atoms with Crippen LogP contribution in [-0.2, 0) is 19.1 Å². The van der Waals surface area contributed by atoms with Gasteiger partial charge in [0.05, 0.1) is 24.4 Å². The van der Waals surface area contributed by atoms with Crippen LogP contribution >= 0.6 is 0 Å². The average molecular weight is 682 g/mol. The minimum atomic E-state index is -1.14. The topological polar surface area (TPSA) is 112 Å². The summed E-state index contributed by atoms with van der Waals surface area (Å²) < 4.78 is 6.18. The lowest BCUT2D eigenvalue weighted by molar-refractivity contribution is -0.376. The van der Waals surface area contributed by atoms with Crippen LogP contribution in [0, 0.1) is 62.1 Å². The van der Waals surface area contributed by atoms with Crippen molar-refractivity contribution in [2.75, 3.05) is 13.1 Å². The third-order valence-corrected chi connectivity index (χ3v) is 17.2. The van der Waals surface area contributed by atoms with Crippen molar-refractivity contribution in [3.63, 3.8) is 0 Å². The van der Waals surface area contributed by atoms with Crippen LogP contribution in [0.15, 0.2) is 12.2 Å². The number of rotatable bonds is 8. The number of carboxylic acids is 1. The Bertz CT molecular complexity index is 1360. The minimum absolute atomic E-state index is 0.0859. The molecule has 1 saturated heterocycles. The van der Waals surface area contributed by atoms with Gasteiger partial charge in [-0.1, -0.05) is 46.8 Å². The van der Waals surface area contributed by atoms with Gasteiger partial charge in [0.1, 0.15) is 6.10 Å². The molecule has 49 heavy (non-hydrogen) atoms. The van der Waals surface area contributed by atoms with Gasteiger partial charge in [-0.05, 0) is 149 Å². The van der Waals surface area contributed by atoms with E-state index >= 15 is 0 Å². The van der Waals surface area contributed by atoms with Crippen LogP contribution in [0.3, 0.4) is 0 Å². The van der Waals surface area contributed by atoms with E-state index in [2.05, 4.69) is 58.8 Å². The SMILES string of the molecule is C=C(C)C1CCC2(CC(=O)N3CCCC3C[NH3+])CCC3(C)C(CCC4C5(C)CCC(OC(=O)CC(C)(C)C(=O)O)C(C)(C)C5CCC43C)C12. The van der Waals surface area contributed by atoms with E-state index in [1.165, 1.54) is 37.7 Å². The molecule has 11 unspecified atom stereocenters. The van der Waals surface area contributed by atoms with Crippen LogP contribution in [0.1, 0.15) is 145 Å². The van der Waals surface area contributed by atoms with Crippen molar-refractivity contribution in [3.05, 3.63) is 12.2 Å². The molecule has 1 amide bonds. The lowest BCUT2D eigenvalue weighted by Gasteiger charge is -2.73. The summed E-state index contributed by atoms with van der Waals surface area (Å²) in [5.74, 6) is 1.70. The molecule has 1 heterocycles. The molecule has 6 fully saturated rings. The van der Waals surface area contributed by atoms with E-state index in [0.29, 0.717) is 48.0 Å². The number of carboxylic acid groups (broad SMARTS) is 1. The van der Waals surface area contributed by atoms with Crippen LogP contribution in [0.4, 0.5) is 0 Å². The first-order valence-electron chi connectivity index (χ1n) is 19.9. The van der Waals surface area contributed by atoms with Crippen LogP contribution in [0.5, 0.6) is 0 Å². The fraction of sp³-hybridized carbons (Fsp3) is 0.881. The Morgan fingerprint density at radius 3 is 2.27 bits per heavy atom. The summed E-state index contributed by atoms with van der Waals surface area (Å²) in [4.78, 5) is 41.1. The Morgan fingerprint density at radius 2 is 1.61 bits per heavy atom. The fourth-order valence-corrected chi connectivity index (χ4v) is 14.3. The van der Waals surface area contributed by atoms with Crippen molar-refractivity contribution in [1.29, 1.82) is 0 Å². The summed E-state index contributed by atoms with van der Waals surface area (Å²) in [6.45, 7) is 24.3. The number of carbonyl (C=O) groups is 3. The Morgan fingerprint density at radius 1 is 0.898 bits per heavy atom. The first-order chi connectivity index (χ1) is 22.8. The molecule has 0 spiro atoms. The molecule has 0 aromatic rings. The van der Waals surface area contributed by atoms with Crippen molar-refractivity contribution in [2.45, 2.75) is 157 Å². The zero-order chi connectivity index (χ0) is 35.9. The van der Waals surface area contributed by atoms with Gasteiger partial charge in [0.15, 0.2) is 0 Å². The Kier molecular flexibility index (Phi) is 9.31. The molecular weight excluding hydrogens is 612 g/mol. The van der Waals surface area contributed by atoms with E-state index in [1.54, 1.807) is 13.8 Å². The van der Waals surface area contributed by atoms with E-state index < -0.39 is 11.4 Å². The molecule has 0 bridgehead atoms. The predicted octanol–water partition coefficient (Wildman–Crippen LogP) is 7.68. The Hall–Kier alpha value is -1.89. The normalized spacial score (nSPS) is 44.3. The second kappa shape index (κ2) is 12.4. The molecule has 4 N–H and O–H groups in total. The zero-order valence-electron chi connectivity index (χ0n) is 32.3. The summed E-state index contributed by atoms with van der Waals surface area (Å²) in [5, 5.41) is 9.60. The van der Waals surface area contributed by atoms with Crippen molar-refractivity contribution in [1.82, 2.24) is 4.90 Å². The maximum atomic E-state index is 14.1. The lowest BCUT2D eigenvalue weighted by Crippen LogP contribution is -2.67. The summed E-state index contributed by atoms with van der Waals surface area (Å²) in [6.07, 6.45) is 14.0. The molecule has 6 rings (SSSR count). The van der Waals surface area contributed by atoms with Crippen molar-refractivity contribution in [2.24, 2.45) is 62.1 Å². The van der Waals surface area contributed by atoms with E-state index in [1.807, 2.05) is 0 Å². The smallest absolute Gasteiger partial charge is 0.309 e. The molecule has 5 aliphatic carbocycles. The number of hydrogen-bond acceptors (Lipinski definition) is 4. The van der Waals surface area contributed by atoms with Gasteiger partial charge >= 0.3 is 11.9 Å². The number of aliphatic carboxylic acids is 1. The van der Waals surface area contributed by atoms with Crippen molar-refractivity contribution >= 4 is 17.8 Å². The minimum Gasteiger partial charge on any atom is -0.481 e. The third-order valence-electron chi connectivity index (χ3n) is 17.2. The first-order valence-corrected chi connectivity index (χ1v) is 19.9. The molecule has 0 radical (unpaired) electrons. The third kappa shape index (κ3) is 5.55. The van der Waals surface area contributed by atoms with Crippen LogP contribution < -0.4 is 5.73 Å². The summed E-state index contributed by atoms with van der Waals surface area (Å²) in [5.41, 5.74) is 4.84. The number of likely N-dealkylation sites (tertiary alicyclic amines) is 1. The van der Waals surface area contributed by atoms with E-state index in [-0.39, 0.29) is 45.6 Å². The molecule has 0 aromatic heterocycles. The molecule has 5 saturated carbocycles. The molecular formula is C42H69N2O5+. The zero-order valence-corrected chi connectivity index (χ0v) is 32.3. The van der Waals surface area contributed by atoms with Gasteiger partial charge in [-0.2, -0.15) is 0 Å². The van der Waals surface area contributed by atoms with Gasteiger partial charge in [-0.15, -0.1) is 0 Å². The predicted molar refractivity (Wildman–Crippen MR) is 192 cm³/mol. The molecule has 6 aliphatic rings. The molecule has 7 heteroatoms. The molecule has 0 aromatic carbocycles. The van der Waals surface area contributed by atoms with E-state index in [9.17, 15) is 19.5 Å². The highest BCUT2D eigenvalue weighted by molar-refractivity contribution is 5.81. The maximum absolute atomic E-state index is 14.1. The van der Waals surface area contributed by atoms with Gasteiger partial charge < -0.3 is 20.5 Å². The number of esters is 1. The van der Waals surface area contributed by atoms with Gasteiger partial charge in [0.2, 0.25) is 5.91 Å². The number of hydrogen-bond donors (Lipinski definition) is 2. The monoisotopic (exact) mass is 682 g/mol. The summed E-state index contributed by atoms with van der Waals surface area (Å²) in [6, 6.07) is 0.319. The number of fused-ring (bicyclic) bond motifs is 7. The second-order valence-corrected chi connectivity index (χ2v) is 20.1. The quantitative estimate of drug-likeness (QED) is 0.202. The molecule has 276 valence electrons. The van der Waals surface area contributed by atoms with Gasteiger partial charge in [0.25, 0.3) is 0 Å². The standard InChI is InChI=1S/C42H68N2O5/c1-26(2)28-14-19-42(23-33(45)44-22-10-11-27(44)25-43)21-20-40(8)29(35(28)42)12-13-31-39(7)17-16-32(49-34(46)24-37(3,4)36(47)48)38(5,6)30(39)15-18-41(31,40)9/h27-32,35H,1,10-25,43H2,2-9H3,(H,47,48)/p+1. The number of nitrogens with zero attached hydrogens (tertiary/aromatic N) is 1. The van der Waals surface area contributed by atoms with Crippen molar-refractivity contribution in [3.8, 4) is 0 Å². The molecule has 7 nitrogen and oxygen atoms in total. The van der Waals surface area contributed by atoms with Crippen LogP contribution in [-0.4, -0.2) is 53.1 Å². The van der Waals surface area contributed by atoms with Gasteiger partial charge in [-0.3, -0.25) is 14.4 Å². The van der Waals surface area contributed by atoms with E-state index in [4.69, 9.17) is 4.74 Å². The fourth-order valence-electron chi connectivity index (χ4n) is 14.3. The first kappa shape index (κ1) is 36.9. The highest BCUT2D eigenvalue weighted by Gasteiger charge is 2.71. The van der Waals surface area contributed by atoms with Crippen LogP contribution in [0.25, 0.3) is 0 Å². The van der Waals surface area contributed by atoms with E-state index in [0.717, 1.165) is 58.0 Å². The summed E-state index contributed by atoms with van der Waals surface area (Å²) >= 11 is 0. The molecule has 1 aliphatic heterocycles. The largest absolute Gasteiger partial charge is 0.481 e. The Balaban J connectivity index is 1.25. The number of ether oxygens (including phenoxy) is 1. The Labute approximate surface area is 296 Å². The average Bonchev–Trinajstić information content (AvgIpc) is 3.64. The summed E-state index contributed by atoms with van der Waals surface area (Å²) in [7, 11) is 0. The second-order valence-electron chi connectivity index (χ2n) is 20.1. The van der Waals surface area contributed by atoms with Crippen LogP contribution in [0.2, 0.25) is 0 Å². The maximum Gasteiger partial charge on any atom is 0.309 e. The van der Waals surface area contributed by atoms with Crippen molar-refractivity contribution < 1.29 is 30.0 Å². The number of allylic oxidation sites excluding steroid dienone is 1. The number of quaternary nitrogens is 1. The number of amides is 1. The lowest BCUT2D eigenvalue weighted by atomic mass is 9.32. The molecule has 11 atom stereocenters. The highest BCUT2D eigenvalue weighted by atomic mass is 16.5. The number of carbonyl (C=O) groups excluding carboxylic acids is 2. The van der Waals surface area contributed by atoms with Gasteiger partial charge in [-0.25, -0.2) is 0 Å². The van der Waals surface area contributed by atoms with Gasteiger partial charge in [0, 0.05) is 18.4 Å².